The molecule has 0 radical (unpaired) electrons. The first kappa shape index (κ1) is 46.1. The van der Waals surface area contributed by atoms with Crippen molar-refractivity contribution in [3.63, 3.8) is 0 Å². The third kappa shape index (κ3) is 17.4. The summed E-state index contributed by atoms with van der Waals surface area (Å²) in [5.74, 6) is -4.86. The van der Waals surface area contributed by atoms with Crippen molar-refractivity contribution in [1.82, 2.24) is 36.8 Å². The van der Waals surface area contributed by atoms with E-state index < -0.39 is 71.6 Å². The predicted octanol–water partition coefficient (Wildman–Crippen LogP) is -2.26. The Balaban J connectivity index is 3.28. The van der Waals surface area contributed by atoms with Gasteiger partial charge in [-0.15, -0.1) is 0 Å². The largest absolute Gasteiger partial charge is 0.370 e. The lowest BCUT2D eigenvalue weighted by atomic mass is 9.96. The number of unbranched alkanes of at least 4 members (excludes halogenated alkanes) is 1. The Labute approximate surface area is 311 Å². The molecule has 1 aliphatic rings. The van der Waals surface area contributed by atoms with Crippen LogP contribution in [0.1, 0.15) is 98.8 Å². The highest BCUT2D eigenvalue weighted by Crippen LogP contribution is 2.20. The Morgan fingerprint density at radius 1 is 0.755 bits per heavy atom. The highest BCUT2D eigenvalue weighted by atomic mass is 16.2. The van der Waals surface area contributed by atoms with Crippen LogP contribution >= 0.6 is 0 Å². The van der Waals surface area contributed by atoms with E-state index in [-0.39, 0.29) is 50.0 Å². The molecule has 0 saturated carbocycles. The van der Waals surface area contributed by atoms with Crippen molar-refractivity contribution < 1.29 is 38.4 Å². The standard InChI is InChI=1S/C34H61N11O8/c1-6-20(3)28(32(52)43-25(13-10-18-40-34(36)37)33(53)45-19-11-14-26(45)31(51)38-7-2)44-30(50)24(15-16-27(35)48)42-29(49)23(41-22(5)47)12-8-9-17-39-21(4)46/h20,23-26,28H,6-19H2,1-5H3,(H2,35,48)(H,38,51)(H,39,46)(H,41,47)(H,42,49)(H,43,52)(H,44,50)(H4,36,37,40)/t20-,23-,24+,25-,26-,28-/m0/s1. The minimum Gasteiger partial charge on any atom is -0.370 e. The van der Waals surface area contributed by atoms with Gasteiger partial charge in [-0.05, 0) is 64.2 Å². The number of likely N-dealkylation sites (tertiary alicyclic amines) is 1. The van der Waals surface area contributed by atoms with E-state index in [1.807, 2.05) is 6.92 Å². The second-order valence-corrected chi connectivity index (χ2v) is 13.3. The quantitative estimate of drug-likeness (QED) is 0.0290. The Hall–Kier alpha value is -4.97. The van der Waals surface area contributed by atoms with Crippen molar-refractivity contribution >= 4 is 53.2 Å². The van der Waals surface area contributed by atoms with Crippen LogP contribution in [0.15, 0.2) is 4.99 Å². The van der Waals surface area contributed by atoms with E-state index in [0.717, 1.165) is 0 Å². The summed E-state index contributed by atoms with van der Waals surface area (Å²) in [6.45, 7) is 9.22. The predicted molar refractivity (Wildman–Crippen MR) is 197 cm³/mol. The Bertz CT molecular complexity index is 1310. The maximum absolute atomic E-state index is 13.9. The number of nitrogens with one attached hydrogen (secondary N) is 6. The number of primary amides is 1. The second-order valence-electron chi connectivity index (χ2n) is 13.3. The molecular formula is C34H61N11O8. The zero-order valence-corrected chi connectivity index (χ0v) is 31.8. The van der Waals surface area contributed by atoms with Crippen molar-refractivity contribution in [2.24, 2.45) is 28.1 Å². The van der Waals surface area contributed by atoms with E-state index in [4.69, 9.17) is 17.2 Å². The van der Waals surface area contributed by atoms with Crippen molar-refractivity contribution in [3.05, 3.63) is 0 Å². The lowest BCUT2D eigenvalue weighted by molar-refractivity contribution is -0.142. The van der Waals surface area contributed by atoms with E-state index in [1.54, 1.807) is 13.8 Å². The normalized spacial score (nSPS) is 16.5. The van der Waals surface area contributed by atoms with Crippen LogP contribution in [0.2, 0.25) is 0 Å². The second kappa shape index (κ2) is 24.3. The lowest BCUT2D eigenvalue weighted by Crippen LogP contribution is -2.60. The summed E-state index contributed by atoms with van der Waals surface area (Å²) in [6, 6.07) is -5.29. The fourth-order valence-electron chi connectivity index (χ4n) is 5.85. The van der Waals surface area contributed by atoms with Crippen molar-refractivity contribution in [3.8, 4) is 0 Å². The first-order chi connectivity index (χ1) is 25.0. The number of nitrogens with zero attached hydrogens (tertiary/aromatic N) is 2. The first-order valence-electron chi connectivity index (χ1n) is 18.4. The molecule has 0 aromatic heterocycles. The van der Waals surface area contributed by atoms with Crippen LogP contribution in [-0.4, -0.2) is 115 Å². The van der Waals surface area contributed by atoms with Crippen LogP contribution < -0.4 is 49.1 Å². The van der Waals surface area contributed by atoms with Gasteiger partial charge in [0.15, 0.2) is 5.96 Å². The monoisotopic (exact) mass is 751 g/mol. The number of amides is 8. The highest BCUT2D eigenvalue weighted by molar-refractivity contribution is 5.96. The smallest absolute Gasteiger partial charge is 0.245 e. The molecule has 0 unspecified atom stereocenters. The topological polar surface area (TPSA) is 302 Å². The number of carbonyl (C=O) groups is 8. The highest BCUT2D eigenvalue weighted by Gasteiger charge is 2.39. The number of carbonyl (C=O) groups excluding carboxylic acids is 8. The summed E-state index contributed by atoms with van der Waals surface area (Å²) in [5, 5.41) is 16.0. The maximum atomic E-state index is 13.9. The van der Waals surface area contributed by atoms with E-state index in [1.165, 1.54) is 18.7 Å². The molecule has 8 amide bonds. The minimum absolute atomic E-state index is 0.129. The molecule has 1 saturated heterocycles. The van der Waals surface area contributed by atoms with E-state index in [0.29, 0.717) is 58.2 Å². The zero-order valence-electron chi connectivity index (χ0n) is 31.8. The summed E-state index contributed by atoms with van der Waals surface area (Å²) < 4.78 is 0. The number of nitrogens with two attached hydrogens (primary N) is 3. The van der Waals surface area contributed by atoms with Gasteiger partial charge in [0.2, 0.25) is 47.3 Å². The number of hydrogen-bond acceptors (Lipinski definition) is 9. The molecular weight excluding hydrogens is 690 g/mol. The van der Waals surface area contributed by atoms with E-state index in [2.05, 4.69) is 36.9 Å². The van der Waals surface area contributed by atoms with Gasteiger partial charge in [-0.25, -0.2) is 0 Å². The zero-order chi connectivity index (χ0) is 40.1. The summed E-state index contributed by atoms with van der Waals surface area (Å²) >= 11 is 0. The molecule has 0 spiro atoms. The third-order valence-corrected chi connectivity index (χ3v) is 8.84. The average Bonchev–Trinajstić information content (AvgIpc) is 3.58. The van der Waals surface area contributed by atoms with Crippen molar-refractivity contribution in [2.75, 3.05) is 26.2 Å². The number of rotatable bonds is 24. The Morgan fingerprint density at radius 2 is 1.38 bits per heavy atom. The third-order valence-electron chi connectivity index (χ3n) is 8.84. The Morgan fingerprint density at radius 3 is 1.96 bits per heavy atom. The summed E-state index contributed by atoms with van der Waals surface area (Å²) in [6.07, 6.45) is 2.68. The number of guanidine groups is 1. The molecule has 1 rings (SSSR count). The van der Waals surface area contributed by atoms with Gasteiger partial charge in [0.25, 0.3) is 0 Å². The molecule has 53 heavy (non-hydrogen) atoms. The number of hydrogen-bond donors (Lipinski definition) is 9. The van der Waals surface area contributed by atoms with Crippen LogP contribution in [0.25, 0.3) is 0 Å². The molecule has 1 aliphatic heterocycles. The SMILES string of the molecule is CCNC(=O)[C@@H]1CCCN1C(=O)[C@H](CCCN=C(N)N)NC(=O)[C@@H](NC(=O)[C@@H](CCC(N)=O)NC(=O)[C@H](CCCCNC(C)=O)NC(C)=O)[C@@H](C)CC. The summed E-state index contributed by atoms with van der Waals surface area (Å²) in [7, 11) is 0. The number of aliphatic imine (C=N–C) groups is 1. The molecule has 300 valence electrons. The molecule has 0 aromatic carbocycles. The Kier molecular flexibility index (Phi) is 21.1. The first-order valence-corrected chi connectivity index (χ1v) is 18.4. The molecule has 19 heteroatoms. The van der Waals surface area contributed by atoms with Crippen molar-refractivity contribution in [1.29, 1.82) is 0 Å². The van der Waals surface area contributed by atoms with Gasteiger partial charge in [-0.1, -0.05) is 20.3 Å². The van der Waals surface area contributed by atoms with Gasteiger partial charge in [-0.3, -0.25) is 43.3 Å². The maximum Gasteiger partial charge on any atom is 0.245 e. The average molecular weight is 752 g/mol. The van der Waals surface area contributed by atoms with Crippen LogP contribution in [-0.2, 0) is 38.4 Å². The van der Waals surface area contributed by atoms with Gasteiger partial charge >= 0.3 is 0 Å². The number of likely N-dealkylation sites (N-methyl/N-ethyl adjacent to an activating group) is 1. The van der Waals surface area contributed by atoms with Gasteiger partial charge in [0.1, 0.15) is 30.2 Å². The molecule has 6 atom stereocenters. The summed E-state index contributed by atoms with van der Waals surface area (Å²) in [4.78, 5) is 108. The molecule has 12 N–H and O–H groups in total. The van der Waals surface area contributed by atoms with E-state index >= 15 is 0 Å². The molecule has 1 fully saturated rings. The molecule has 19 nitrogen and oxygen atoms in total. The van der Waals surface area contributed by atoms with Crippen LogP contribution in [0.5, 0.6) is 0 Å². The van der Waals surface area contributed by atoms with E-state index in [9.17, 15) is 38.4 Å². The van der Waals surface area contributed by atoms with Crippen LogP contribution in [0, 0.1) is 5.92 Å². The fourth-order valence-corrected chi connectivity index (χ4v) is 5.85. The van der Waals surface area contributed by atoms with Gasteiger partial charge in [-0.2, -0.15) is 0 Å². The fraction of sp³-hybridized carbons (Fsp3) is 0.735. The lowest BCUT2D eigenvalue weighted by Gasteiger charge is -2.31. The van der Waals surface area contributed by atoms with Gasteiger partial charge < -0.3 is 54.0 Å². The van der Waals surface area contributed by atoms with Gasteiger partial charge in [0, 0.05) is 46.4 Å². The molecule has 1 heterocycles. The molecule has 0 bridgehead atoms. The van der Waals surface area contributed by atoms with Crippen molar-refractivity contribution in [2.45, 2.75) is 129 Å². The summed E-state index contributed by atoms with van der Waals surface area (Å²) in [5.41, 5.74) is 16.3. The van der Waals surface area contributed by atoms with Gasteiger partial charge in [0.05, 0.1) is 0 Å². The van der Waals surface area contributed by atoms with Crippen LogP contribution in [0.3, 0.4) is 0 Å². The molecule has 0 aliphatic carbocycles. The minimum atomic E-state index is -1.32. The molecule has 0 aromatic rings. The van der Waals surface area contributed by atoms with Crippen LogP contribution in [0.4, 0.5) is 0 Å².